The molecule has 0 atom stereocenters. The van der Waals surface area contributed by atoms with Crippen molar-refractivity contribution in [2.75, 3.05) is 19.5 Å². The molecule has 1 aromatic carbocycles. The first-order valence-corrected chi connectivity index (χ1v) is 5.82. The van der Waals surface area contributed by atoms with Crippen LogP contribution in [0, 0.1) is 0 Å². The van der Waals surface area contributed by atoms with E-state index >= 15 is 0 Å². The summed E-state index contributed by atoms with van der Waals surface area (Å²) in [6.45, 7) is 2.03. The van der Waals surface area contributed by atoms with Gasteiger partial charge >= 0.3 is 5.97 Å². The molecule has 2 aromatic rings. The lowest BCUT2D eigenvalue weighted by molar-refractivity contribution is 0.0527. The molecule has 0 radical (unpaired) electrons. The Morgan fingerprint density at radius 2 is 2.26 bits per heavy atom. The van der Waals surface area contributed by atoms with Crippen LogP contribution in [0.1, 0.15) is 17.3 Å². The molecule has 0 saturated heterocycles. The second-order valence-corrected chi connectivity index (χ2v) is 3.78. The fraction of sp³-hybridized carbons (Fsp3) is 0.231. The van der Waals surface area contributed by atoms with E-state index in [0.29, 0.717) is 18.0 Å². The number of hydrogen-bond donors (Lipinski definition) is 1. The summed E-state index contributed by atoms with van der Waals surface area (Å²) in [4.78, 5) is 11.7. The number of methoxy groups -OCH3 is 1. The van der Waals surface area contributed by atoms with Crippen molar-refractivity contribution in [2.24, 2.45) is 0 Å². The topological polar surface area (TPSA) is 79.4 Å². The molecular formula is C13H15N3O3. The molecule has 0 aliphatic carbocycles. The van der Waals surface area contributed by atoms with Crippen LogP contribution in [0.2, 0.25) is 0 Å². The number of benzene rings is 1. The molecule has 0 fully saturated rings. The standard InChI is InChI=1S/C13H15N3O3/c1-3-19-13(17)11-8-15-16(12(11)14)9-5-4-6-10(7-9)18-2/h4-8H,3,14H2,1-2H3. The molecule has 0 spiro atoms. The van der Waals surface area contributed by atoms with Gasteiger partial charge < -0.3 is 15.2 Å². The van der Waals surface area contributed by atoms with Crippen molar-refractivity contribution in [3.63, 3.8) is 0 Å². The number of aromatic nitrogens is 2. The highest BCUT2D eigenvalue weighted by Gasteiger charge is 2.17. The maximum Gasteiger partial charge on any atom is 0.343 e. The van der Waals surface area contributed by atoms with Gasteiger partial charge in [-0.05, 0) is 19.1 Å². The number of hydrogen-bond acceptors (Lipinski definition) is 5. The normalized spacial score (nSPS) is 10.2. The number of rotatable bonds is 4. The van der Waals surface area contributed by atoms with Crippen LogP contribution in [0.15, 0.2) is 30.5 Å². The van der Waals surface area contributed by atoms with E-state index in [1.54, 1.807) is 20.1 Å². The summed E-state index contributed by atoms with van der Waals surface area (Å²) in [6, 6.07) is 7.23. The van der Waals surface area contributed by atoms with Crippen molar-refractivity contribution >= 4 is 11.8 Å². The van der Waals surface area contributed by atoms with Gasteiger partial charge in [-0.3, -0.25) is 0 Å². The van der Waals surface area contributed by atoms with Crippen molar-refractivity contribution in [1.82, 2.24) is 9.78 Å². The Kier molecular flexibility index (Phi) is 3.70. The average molecular weight is 261 g/mol. The van der Waals surface area contributed by atoms with Gasteiger partial charge in [0.1, 0.15) is 17.1 Å². The SMILES string of the molecule is CCOC(=O)c1cnn(-c2cccc(OC)c2)c1N. The van der Waals surface area contributed by atoms with E-state index in [1.807, 2.05) is 18.2 Å². The zero-order valence-corrected chi connectivity index (χ0v) is 10.8. The number of carbonyl (C=O) groups excluding carboxylic acids is 1. The monoisotopic (exact) mass is 261 g/mol. The number of nitrogens with two attached hydrogens (primary N) is 1. The Morgan fingerprint density at radius 1 is 1.47 bits per heavy atom. The van der Waals surface area contributed by atoms with Gasteiger partial charge in [-0.1, -0.05) is 6.07 Å². The van der Waals surface area contributed by atoms with Crippen molar-refractivity contribution in [3.8, 4) is 11.4 Å². The molecule has 0 aliphatic rings. The second-order valence-electron chi connectivity index (χ2n) is 3.78. The molecule has 19 heavy (non-hydrogen) atoms. The minimum atomic E-state index is -0.478. The zero-order chi connectivity index (χ0) is 13.8. The van der Waals surface area contributed by atoms with E-state index in [2.05, 4.69) is 5.10 Å². The summed E-state index contributed by atoms with van der Waals surface area (Å²) in [7, 11) is 1.58. The Bertz CT molecular complexity index is 593. The highest BCUT2D eigenvalue weighted by molar-refractivity contribution is 5.94. The Balaban J connectivity index is 2.38. The van der Waals surface area contributed by atoms with E-state index in [9.17, 15) is 4.79 Å². The summed E-state index contributed by atoms with van der Waals surface area (Å²) in [5.41, 5.74) is 6.89. The first-order chi connectivity index (χ1) is 9.17. The van der Waals surface area contributed by atoms with Gasteiger partial charge in [0.05, 0.1) is 25.6 Å². The van der Waals surface area contributed by atoms with Crippen molar-refractivity contribution in [2.45, 2.75) is 6.92 Å². The highest BCUT2D eigenvalue weighted by Crippen LogP contribution is 2.21. The molecule has 0 aliphatic heterocycles. The van der Waals surface area contributed by atoms with Crippen LogP contribution in [0.3, 0.4) is 0 Å². The van der Waals surface area contributed by atoms with Crippen molar-refractivity contribution in [1.29, 1.82) is 0 Å². The van der Waals surface area contributed by atoms with Crippen molar-refractivity contribution < 1.29 is 14.3 Å². The summed E-state index contributed by atoms with van der Waals surface area (Å²) in [5.74, 6) is 0.450. The molecule has 2 N–H and O–H groups in total. The lowest BCUT2D eigenvalue weighted by Crippen LogP contribution is -2.09. The molecule has 0 unspecified atom stereocenters. The third kappa shape index (κ3) is 2.52. The molecule has 2 rings (SSSR count). The van der Waals surface area contributed by atoms with E-state index in [1.165, 1.54) is 10.9 Å². The number of nitrogens with zero attached hydrogens (tertiary/aromatic N) is 2. The Labute approximate surface area is 110 Å². The summed E-state index contributed by atoms with van der Waals surface area (Å²) in [6.07, 6.45) is 1.40. The predicted molar refractivity (Wildman–Crippen MR) is 70.5 cm³/mol. The van der Waals surface area contributed by atoms with Crippen LogP contribution in [-0.4, -0.2) is 29.5 Å². The Hall–Kier alpha value is -2.50. The molecule has 0 amide bonds. The lowest BCUT2D eigenvalue weighted by Gasteiger charge is -2.07. The summed E-state index contributed by atoms with van der Waals surface area (Å²) < 4.78 is 11.5. The van der Waals surface area contributed by atoms with E-state index in [0.717, 1.165) is 0 Å². The van der Waals surface area contributed by atoms with Crippen molar-refractivity contribution in [3.05, 3.63) is 36.0 Å². The van der Waals surface area contributed by atoms with Gasteiger partial charge in [0.15, 0.2) is 0 Å². The van der Waals surface area contributed by atoms with Gasteiger partial charge in [0.25, 0.3) is 0 Å². The number of carbonyl (C=O) groups is 1. The quantitative estimate of drug-likeness (QED) is 0.846. The number of anilines is 1. The minimum absolute atomic E-state index is 0.242. The largest absolute Gasteiger partial charge is 0.497 e. The van der Waals surface area contributed by atoms with Gasteiger partial charge in [-0.2, -0.15) is 5.10 Å². The number of esters is 1. The maximum atomic E-state index is 11.7. The zero-order valence-electron chi connectivity index (χ0n) is 10.8. The second kappa shape index (κ2) is 5.43. The van der Waals surface area contributed by atoms with Gasteiger partial charge in [-0.15, -0.1) is 0 Å². The fourth-order valence-corrected chi connectivity index (χ4v) is 1.67. The molecule has 1 heterocycles. The third-order valence-corrected chi connectivity index (χ3v) is 2.60. The lowest BCUT2D eigenvalue weighted by atomic mass is 10.3. The van der Waals surface area contributed by atoms with Crippen LogP contribution in [0.5, 0.6) is 5.75 Å². The highest BCUT2D eigenvalue weighted by atomic mass is 16.5. The van der Waals surface area contributed by atoms with Crippen LogP contribution < -0.4 is 10.5 Å². The molecule has 6 nitrogen and oxygen atoms in total. The van der Waals surface area contributed by atoms with Crippen LogP contribution in [0.4, 0.5) is 5.82 Å². The molecule has 100 valence electrons. The van der Waals surface area contributed by atoms with Gasteiger partial charge in [-0.25, -0.2) is 9.48 Å². The van der Waals surface area contributed by atoms with Crippen LogP contribution in [-0.2, 0) is 4.74 Å². The molecular weight excluding hydrogens is 246 g/mol. The molecule has 0 saturated carbocycles. The van der Waals surface area contributed by atoms with E-state index in [4.69, 9.17) is 15.2 Å². The van der Waals surface area contributed by atoms with Crippen LogP contribution >= 0.6 is 0 Å². The summed E-state index contributed by atoms with van der Waals surface area (Å²) in [5, 5.41) is 4.10. The predicted octanol–water partition coefficient (Wildman–Crippen LogP) is 1.64. The maximum absolute atomic E-state index is 11.7. The van der Waals surface area contributed by atoms with Gasteiger partial charge in [0, 0.05) is 6.07 Å². The smallest absolute Gasteiger partial charge is 0.343 e. The number of nitrogen functional groups attached to an aromatic ring is 1. The molecule has 6 heteroatoms. The summed E-state index contributed by atoms with van der Waals surface area (Å²) >= 11 is 0. The Morgan fingerprint density at radius 3 is 2.95 bits per heavy atom. The molecule has 0 bridgehead atoms. The average Bonchev–Trinajstić information content (AvgIpc) is 2.81. The fourth-order valence-electron chi connectivity index (χ4n) is 1.67. The minimum Gasteiger partial charge on any atom is -0.497 e. The third-order valence-electron chi connectivity index (χ3n) is 2.60. The van der Waals surface area contributed by atoms with Gasteiger partial charge in [0.2, 0.25) is 0 Å². The first kappa shape index (κ1) is 12.9. The molecule has 1 aromatic heterocycles. The first-order valence-electron chi connectivity index (χ1n) is 5.82. The number of ether oxygens (including phenoxy) is 2. The van der Waals surface area contributed by atoms with Crippen LogP contribution in [0.25, 0.3) is 5.69 Å². The van der Waals surface area contributed by atoms with E-state index in [-0.39, 0.29) is 11.4 Å². The van der Waals surface area contributed by atoms with E-state index < -0.39 is 5.97 Å².